The van der Waals surface area contributed by atoms with Gasteiger partial charge in [-0.2, -0.15) is 10.5 Å². The molecule has 2 aliphatic carbocycles. The number of aromatic nitrogens is 2. The van der Waals surface area contributed by atoms with E-state index in [9.17, 15) is 24.1 Å². The van der Waals surface area contributed by atoms with Crippen molar-refractivity contribution in [2.75, 3.05) is 23.4 Å². The Hall–Kier alpha value is -4.38. The zero-order chi connectivity index (χ0) is 28.9. The van der Waals surface area contributed by atoms with Crippen LogP contribution in [0.5, 0.6) is 11.5 Å². The minimum Gasteiger partial charge on any atom is -0.395 e. The number of hydrogen-bond acceptors (Lipinski definition) is 8. The van der Waals surface area contributed by atoms with E-state index >= 15 is 0 Å². The van der Waals surface area contributed by atoms with Crippen LogP contribution < -0.4 is 24.8 Å². The average molecular weight is 561 g/mol. The van der Waals surface area contributed by atoms with Crippen LogP contribution in [0.4, 0.5) is 20.2 Å². The van der Waals surface area contributed by atoms with E-state index in [1.165, 1.54) is 11.0 Å². The zero-order valence-electron chi connectivity index (χ0n) is 22.9. The number of nitrogens with zero attached hydrogens (tertiary/aromatic N) is 6. The summed E-state index contributed by atoms with van der Waals surface area (Å²) in [7, 11) is 3.48. The molecule has 11 heteroatoms. The van der Waals surface area contributed by atoms with Crippen LogP contribution in [0.2, 0.25) is 0 Å². The Morgan fingerprint density at radius 2 is 1.73 bits per heavy atom. The first-order valence-corrected chi connectivity index (χ1v) is 13.9. The number of fused-ring (bicyclic) bond motifs is 2. The molecule has 2 aromatic heterocycles. The van der Waals surface area contributed by atoms with Gasteiger partial charge in [-0.25, -0.2) is 4.98 Å². The lowest BCUT2D eigenvalue weighted by Crippen LogP contribution is -2.46. The molecule has 9 nitrogen and oxygen atoms in total. The summed E-state index contributed by atoms with van der Waals surface area (Å²) in [5, 5.41) is 19.4. The van der Waals surface area contributed by atoms with Crippen molar-refractivity contribution in [2.24, 2.45) is 13.0 Å². The third-order valence-corrected chi connectivity index (χ3v) is 8.84. The summed E-state index contributed by atoms with van der Waals surface area (Å²) in [6.45, 7) is 0.847. The van der Waals surface area contributed by atoms with Gasteiger partial charge in [0.25, 0.3) is 5.56 Å². The molecule has 0 unspecified atom stereocenters. The highest BCUT2D eigenvalue weighted by atomic mass is 19.3. The molecular weight excluding hydrogens is 530 g/mol. The van der Waals surface area contributed by atoms with Crippen LogP contribution in [0.15, 0.2) is 35.1 Å². The van der Waals surface area contributed by atoms with Crippen LogP contribution in [0, 0.1) is 28.6 Å². The largest absolute Gasteiger partial charge is 0.586 e. The molecule has 3 aliphatic rings. The number of halogens is 2. The molecule has 0 bridgehead atoms. The van der Waals surface area contributed by atoms with Crippen LogP contribution >= 0.6 is 0 Å². The maximum Gasteiger partial charge on any atom is 0.586 e. The van der Waals surface area contributed by atoms with E-state index in [4.69, 9.17) is 4.74 Å². The number of rotatable bonds is 6. The molecule has 41 heavy (non-hydrogen) atoms. The predicted octanol–water partition coefficient (Wildman–Crippen LogP) is 5.05. The monoisotopic (exact) mass is 560 g/mol. The summed E-state index contributed by atoms with van der Waals surface area (Å²) in [5.41, 5.74) is 2.13. The van der Waals surface area contributed by atoms with Gasteiger partial charge in [-0.1, -0.05) is 6.42 Å². The van der Waals surface area contributed by atoms with Gasteiger partial charge in [-0.3, -0.25) is 4.79 Å². The summed E-state index contributed by atoms with van der Waals surface area (Å²) < 4.78 is 38.1. The second kappa shape index (κ2) is 10.2. The van der Waals surface area contributed by atoms with Crippen molar-refractivity contribution in [1.29, 1.82) is 10.5 Å². The van der Waals surface area contributed by atoms with Crippen LogP contribution in [0.1, 0.15) is 56.2 Å². The predicted molar refractivity (Wildman–Crippen MR) is 148 cm³/mol. The topological polar surface area (TPSA) is 107 Å². The van der Waals surface area contributed by atoms with Gasteiger partial charge in [0.15, 0.2) is 11.5 Å². The Balaban J connectivity index is 1.27. The van der Waals surface area contributed by atoms with Crippen molar-refractivity contribution in [3.8, 4) is 23.6 Å². The molecule has 0 spiro atoms. The molecule has 3 aromatic rings. The molecule has 2 saturated carbocycles. The number of hydrogen-bond donors (Lipinski definition) is 0. The second-order valence-corrected chi connectivity index (χ2v) is 11.2. The van der Waals surface area contributed by atoms with Crippen LogP contribution in [-0.4, -0.2) is 41.5 Å². The van der Waals surface area contributed by atoms with Gasteiger partial charge in [0, 0.05) is 44.5 Å². The highest BCUT2D eigenvalue weighted by Crippen LogP contribution is 2.44. The van der Waals surface area contributed by atoms with E-state index in [0.717, 1.165) is 50.8 Å². The zero-order valence-corrected chi connectivity index (χ0v) is 22.9. The second-order valence-electron chi connectivity index (χ2n) is 11.2. The molecule has 0 saturated heterocycles. The summed E-state index contributed by atoms with van der Waals surface area (Å²) >= 11 is 0. The number of anilines is 2. The molecule has 3 heterocycles. The molecular formula is C30H30F2N6O3. The molecule has 0 N–H and O–H groups in total. The average Bonchev–Trinajstić information content (AvgIpc) is 3.26. The Labute approximate surface area is 236 Å². The van der Waals surface area contributed by atoms with Gasteiger partial charge in [0.1, 0.15) is 28.9 Å². The SMILES string of the molecule is Cn1c(=O)c(C#N)c(N(C)[C@H]2CC[C@@H](N(CC3CCC3)c3ccc4c(c3)OC(F)(F)O4)CC2)c2nc(C#N)ccc21. The Kier molecular flexibility index (Phi) is 6.69. The fourth-order valence-electron chi connectivity index (χ4n) is 6.37. The van der Waals surface area contributed by atoms with Gasteiger partial charge in [0.05, 0.1) is 11.2 Å². The first kappa shape index (κ1) is 26.8. The minimum atomic E-state index is -3.66. The summed E-state index contributed by atoms with van der Waals surface area (Å²) in [4.78, 5) is 21.9. The molecule has 6 rings (SSSR count). The van der Waals surface area contributed by atoms with Crippen molar-refractivity contribution in [3.63, 3.8) is 0 Å². The van der Waals surface area contributed by atoms with E-state index in [1.54, 1.807) is 31.3 Å². The Bertz CT molecular complexity index is 1650. The first-order chi connectivity index (χ1) is 19.7. The highest BCUT2D eigenvalue weighted by molar-refractivity contribution is 5.92. The minimum absolute atomic E-state index is 0.0102. The van der Waals surface area contributed by atoms with Crippen LogP contribution in [0.3, 0.4) is 0 Å². The van der Waals surface area contributed by atoms with Crippen molar-refractivity contribution in [2.45, 2.75) is 63.3 Å². The van der Waals surface area contributed by atoms with Crippen LogP contribution in [0.25, 0.3) is 11.0 Å². The third kappa shape index (κ3) is 4.80. The number of alkyl halides is 2. The summed E-state index contributed by atoms with van der Waals surface area (Å²) in [6, 6.07) is 12.6. The smallest absolute Gasteiger partial charge is 0.395 e. The number of pyridine rings is 2. The number of aryl methyl sites for hydroxylation is 1. The van der Waals surface area contributed by atoms with E-state index in [2.05, 4.69) is 26.8 Å². The molecule has 0 amide bonds. The lowest BCUT2D eigenvalue weighted by Gasteiger charge is -2.44. The normalized spacial score (nSPS) is 21.1. The van der Waals surface area contributed by atoms with Gasteiger partial charge in [-0.15, -0.1) is 8.78 Å². The van der Waals surface area contributed by atoms with E-state index in [-0.39, 0.29) is 34.8 Å². The van der Waals surface area contributed by atoms with Gasteiger partial charge >= 0.3 is 6.29 Å². The quantitative estimate of drug-likeness (QED) is 0.412. The maximum absolute atomic E-state index is 13.7. The molecule has 1 aliphatic heterocycles. The number of benzene rings is 1. The molecule has 2 fully saturated rings. The Morgan fingerprint density at radius 3 is 2.39 bits per heavy atom. The number of nitriles is 2. The van der Waals surface area contributed by atoms with Crippen molar-refractivity contribution in [3.05, 3.63) is 51.9 Å². The lowest BCUT2D eigenvalue weighted by atomic mass is 9.83. The highest BCUT2D eigenvalue weighted by Gasteiger charge is 2.44. The fraction of sp³-hybridized carbons (Fsp3) is 0.467. The van der Waals surface area contributed by atoms with Crippen LogP contribution in [-0.2, 0) is 7.05 Å². The van der Waals surface area contributed by atoms with Gasteiger partial charge in [-0.05, 0) is 68.7 Å². The summed E-state index contributed by atoms with van der Waals surface area (Å²) in [6.07, 6.45) is 3.13. The van der Waals surface area contributed by atoms with Gasteiger partial charge < -0.3 is 23.8 Å². The standard InChI is InChI=1S/C30H30F2N6O3/c1-36(28-23(16-34)29(39)37(2)24-12-6-19(15-33)35-27(24)28)20-7-9-21(10-8-20)38(17-18-4-3-5-18)22-11-13-25-26(14-22)41-30(31,32)40-25/h6,11-14,18,20-21H,3-5,7-10,17H2,1-2H3/t20-,21+. The summed E-state index contributed by atoms with van der Waals surface area (Å²) in [5.74, 6) is 0.647. The molecule has 1 aromatic carbocycles. The molecule has 0 atom stereocenters. The molecule has 0 radical (unpaired) electrons. The first-order valence-electron chi connectivity index (χ1n) is 13.9. The lowest BCUT2D eigenvalue weighted by molar-refractivity contribution is -0.286. The van der Waals surface area contributed by atoms with Gasteiger partial charge in [0.2, 0.25) is 0 Å². The maximum atomic E-state index is 13.7. The van der Waals surface area contributed by atoms with Crippen molar-refractivity contribution >= 4 is 22.4 Å². The molecule has 212 valence electrons. The Morgan fingerprint density at radius 1 is 1.02 bits per heavy atom. The van der Waals surface area contributed by atoms with E-state index < -0.39 is 11.9 Å². The van der Waals surface area contributed by atoms with Crippen molar-refractivity contribution < 1.29 is 18.3 Å². The van der Waals surface area contributed by atoms with Crippen molar-refractivity contribution in [1.82, 2.24) is 9.55 Å². The van der Waals surface area contributed by atoms with E-state index in [1.807, 2.05) is 18.0 Å². The fourth-order valence-corrected chi connectivity index (χ4v) is 6.37. The third-order valence-electron chi connectivity index (χ3n) is 8.84. The number of ether oxygens (including phenoxy) is 2. The van der Waals surface area contributed by atoms with E-state index in [0.29, 0.717) is 22.6 Å².